The summed E-state index contributed by atoms with van der Waals surface area (Å²) in [5.41, 5.74) is -0.0672. The number of hydrogen-bond acceptors (Lipinski definition) is 4. The van der Waals surface area contributed by atoms with E-state index >= 15 is 0 Å². The smallest absolute Gasteiger partial charge is 0.321 e. The quantitative estimate of drug-likeness (QED) is 0.714. The Kier molecular flexibility index (Phi) is 6.44. The summed E-state index contributed by atoms with van der Waals surface area (Å²) in [5.74, 6) is 0.0690. The molecule has 0 unspecified atom stereocenters. The van der Waals surface area contributed by atoms with Gasteiger partial charge in [0.1, 0.15) is 12.4 Å². The molecule has 2 amide bonds. The molecule has 2 N–H and O–H groups in total. The number of urea groups is 1. The molecule has 2 aliphatic rings. The SMILES string of the molecule is CCN(CC)CCOc1ccc(NC(=O)N2C[C@@H]3CCC[C@@]3(C(=O)O)C2)cc1. The van der Waals surface area contributed by atoms with Crippen LogP contribution in [0.25, 0.3) is 0 Å². The monoisotopic (exact) mass is 389 g/mol. The third-order valence-corrected chi connectivity index (χ3v) is 6.26. The number of nitrogens with one attached hydrogen (secondary N) is 1. The summed E-state index contributed by atoms with van der Waals surface area (Å²) in [6.07, 6.45) is 2.48. The Morgan fingerprint density at radius 1 is 1.29 bits per heavy atom. The summed E-state index contributed by atoms with van der Waals surface area (Å²) in [7, 11) is 0. The van der Waals surface area contributed by atoms with E-state index in [4.69, 9.17) is 4.74 Å². The summed E-state index contributed by atoms with van der Waals surface area (Å²) in [6, 6.07) is 7.08. The lowest BCUT2D eigenvalue weighted by Crippen LogP contribution is -2.38. The molecular weight excluding hydrogens is 358 g/mol. The van der Waals surface area contributed by atoms with Crippen LogP contribution >= 0.6 is 0 Å². The summed E-state index contributed by atoms with van der Waals surface area (Å²) in [5, 5.41) is 12.5. The lowest BCUT2D eigenvalue weighted by Gasteiger charge is -2.23. The number of nitrogens with zero attached hydrogens (tertiary/aromatic N) is 2. The van der Waals surface area contributed by atoms with Gasteiger partial charge in [-0.05, 0) is 56.1 Å². The van der Waals surface area contributed by atoms with Crippen molar-refractivity contribution >= 4 is 17.7 Å². The number of likely N-dealkylation sites (N-methyl/N-ethyl adjacent to an activating group) is 1. The number of carbonyl (C=O) groups is 2. The molecule has 1 heterocycles. The van der Waals surface area contributed by atoms with E-state index in [1.165, 1.54) is 0 Å². The van der Waals surface area contributed by atoms with Crippen LogP contribution in [0, 0.1) is 11.3 Å². The molecule has 0 spiro atoms. The van der Waals surface area contributed by atoms with E-state index in [1.54, 1.807) is 4.90 Å². The van der Waals surface area contributed by atoms with Crippen molar-refractivity contribution in [3.63, 3.8) is 0 Å². The largest absolute Gasteiger partial charge is 0.492 e. The van der Waals surface area contributed by atoms with E-state index in [9.17, 15) is 14.7 Å². The fraction of sp³-hybridized carbons (Fsp3) is 0.619. The molecule has 28 heavy (non-hydrogen) atoms. The third kappa shape index (κ3) is 4.24. The van der Waals surface area contributed by atoms with Crippen LogP contribution in [0.2, 0.25) is 0 Å². The van der Waals surface area contributed by atoms with Crippen molar-refractivity contribution < 1.29 is 19.4 Å². The number of amides is 2. The van der Waals surface area contributed by atoms with E-state index in [1.807, 2.05) is 24.3 Å². The zero-order chi connectivity index (χ0) is 20.1. The van der Waals surface area contributed by atoms with Crippen LogP contribution in [-0.4, -0.2) is 66.2 Å². The first-order valence-electron chi connectivity index (χ1n) is 10.2. The number of rotatable bonds is 8. The Labute approximate surface area is 166 Å². The first-order valence-corrected chi connectivity index (χ1v) is 10.2. The van der Waals surface area contributed by atoms with Gasteiger partial charge in [-0.15, -0.1) is 0 Å². The molecule has 0 bridgehead atoms. The zero-order valence-corrected chi connectivity index (χ0v) is 16.8. The Morgan fingerprint density at radius 3 is 2.61 bits per heavy atom. The topological polar surface area (TPSA) is 82.1 Å². The highest BCUT2D eigenvalue weighted by atomic mass is 16.5. The van der Waals surface area contributed by atoms with Crippen LogP contribution < -0.4 is 10.1 Å². The molecule has 7 heteroatoms. The molecule has 2 fully saturated rings. The van der Waals surface area contributed by atoms with Crippen LogP contribution in [0.15, 0.2) is 24.3 Å². The van der Waals surface area contributed by atoms with Crippen LogP contribution in [0.4, 0.5) is 10.5 Å². The van der Waals surface area contributed by atoms with Gasteiger partial charge >= 0.3 is 12.0 Å². The van der Waals surface area contributed by atoms with Gasteiger partial charge in [0.2, 0.25) is 0 Å². The number of carboxylic acids is 1. The fourth-order valence-electron chi connectivity index (χ4n) is 4.46. The van der Waals surface area contributed by atoms with E-state index < -0.39 is 11.4 Å². The lowest BCUT2D eigenvalue weighted by molar-refractivity contribution is -0.149. The van der Waals surface area contributed by atoms with Gasteiger partial charge in [0.25, 0.3) is 0 Å². The number of fused-ring (bicyclic) bond motifs is 1. The molecule has 0 aromatic heterocycles. The first kappa shape index (κ1) is 20.5. The molecule has 1 aliphatic heterocycles. The Hall–Kier alpha value is -2.28. The average Bonchev–Trinajstić information content (AvgIpc) is 3.25. The molecule has 2 atom stereocenters. The van der Waals surface area contributed by atoms with Crippen molar-refractivity contribution in [2.24, 2.45) is 11.3 Å². The van der Waals surface area contributed by atoms with E-state index in [0.29, 0.717) is 31.8 Å². The second-order valence-corrected chi connectivity index (χ2v) is 7.76. The van der Waals surface area contributed by atoms with E-state index in [-0.39, 0.29) is 11.9 Å². The number of hydrogen-bond donors (Lipinski definition) is 2. The Balaban J connectivity index is 1.50. The van der Waals surface area contributed by atoms with Gasteiger partial charge in [-0.3, -0.25) is 4.79 Å². The van der Waals surface area contributed by atoms with Crippen molar-refractivity contribution in [3.8, 4) is 5.75 Å². The van der Waals surface area contributed by atoms with Crippen LogP contribution in [0.5, 0.6) is 5.75 Å². The molecule has 154 valence electrons. The van der Waals surface area contributed by atoms with E-state index in [0.717, 1.165) is 38.2 Å². The maximum absolute atomic E-state index is 12.6. The molecule has 1 aromatic rings. The minimum atomic E-state index is -0.767. The van der Waals surface area contributed by atoms with Crippen LogP contribution in [0.3, 0.4) is 0 Å². The molecular formula is C21H31N3O4. The van der Waals surface area contributed by atoms with Crippen LogP contribution in [0.1, 0.15) is 33.1 Å². The minimum absolute atomic E-state index is 0.0670. The second kappa shape index (κ2) is 8.82. The molecule has 3 rings (SSSR count). The molecule has 1 saturated heterocycles. The van der Waals surface area contributed by atoms with Crippen molar-refractivity contribution in [1.82, 2.24) is 9.80 Å². The molecule has 1 aliphatic carbocycles. The normalized spacial score (nSPS) is 23.7. The van der Waals surface area contributed by atoms with Gasteiger partial charge in [0.15, 0.2) is 0 Å². The maximum Gasteiger partial charge on any atom is 0.321 e. The maximum atomic E-state index is 12.6. The van der Waals surface area contributed by atoms with Gasteiger partial charge < -0.3 is 25.0 Å². The molecule has 1 aromatic carbocycles. The van der Waals surface area contributed by atoms with Crippen molar-refractivity contribution in [2.75, 3.05) is 44.6 Å². The average molecular weight is 389 g/mol. The predicted octanol–water partition coefficient (Wildman–Crippen LogP) is 3.13. The zero-order valence-electron chi connectivity index (χ0n) is 16.8. The number of carbonyl (C=O) groups excluding carboxylic acids is 1. The number of anilines is 1. The van der Waals surface area contributed by atoms with Gasteiger partial charge in [-0.2, -0.15) is 0 Å². The number of likely N-dealkylation sites (tertiary alicyclic amines) is 1. The van der Waals surface area contributed by atoms with Crippen molar-refractivity contribution in [1.29, 1.82) is 0 Å². The van der Waals surface area contributed by atoms with Gasteiger partial charge in [0, 0.05) is 25.3 Å². The molecule has 7 nitrogen and oxygen atoms in total. The third-order valence-electron chi connectivity index (χ3n) is 6.26. The molecule has 0 radical (unpaired) electrons. The summed E-state index contributed by atoms with van der Waals surface area (Å²) in [4.78, 5) is 28.3. The summed E-state index contributed by atoms with van der Waals surface area (Å²) < 4.78 is 5.76. The van der Waals surface area contributed by atoms with Crippen molar-refractivity contribution in [2.45, 2.75) is 33.1 Å². The Bertz CT molecular complexity index is 689. The first-order chi connectivity index (χ1) is 13.5. The molecule has 1 saturated carbocycles. The minimum Gasteiger partial charge on any atom is -0.492 e. The standard InChI is InChI=1S/C21H31N3O4/c1-3-23(4-2)12-13-28-18-9-7-17(8-10-18)22-20(27)24-14-16-6-5-11-21(16,15-24)19(25)26/h7-10,16H,3-6,11-15H2,1-2H3,(H,22,27)(H,25,26)/t16-,21+/m0/s1. The number of benzene rings is 1. The van der Waals surface area contributed by atoms with Gasteiger partial charge in [-0.1, -0.05) is 20.3 Å². The van der Waals surface area contributed by atoms with Crippen LogP contribution in [-0.2, 0) is 4.79 Å². The van der Waals surface area contributed by atoms with Gasteiger partial charge in [-0.25, -0.2) is 4.79 Å². The second-order valence-electron chi connectivity index (χ2n) is 7.76. The fourth-order valence-corrected chi connectivity index (χ4v) is 4.46. The van der Waals surface area contributed by atoms with Crippen molar-refractivity contribution in [3.05, 3.63) is 24.3 Å². The number of ether oxygens (including phenoxy) is 1. The van der Waals surface area contributed by atoms with Gasteiger partial charge in [0.05, 0.1) is 5.41 Å². The summed E-state index contributed by atoms with van der Waals surface area (Å²) in [6.45, 7) is 8.60. The van der Waals surface area contributed by atoms with E-state index in [2.05, 4.69) is 24.1 Å². The lowest BCUT2D eigenvalue weighted by atomic mass is 9.81. The number of carboxylic acid groups (broad SMARTS) is 1. The number of aliphatic carboxylic acids is 1. The summed E-state index contributed by atoms with van der Waals surface area (Å²) >= 11 is 0. The highest BCUT2D eigenvalue weighted by Gasteiger charge is 2.55. The predicted molar refractivity (Wildman–Crippen MR) is 108 cm³/mol. The highest BCUT2D eigenvalue weighted by Crippen LogP contribution is 2.48. The highest BCUT2D eigenvalue weighted by molar-refractivity contribution is 5.90. The Morgan fingerprint density at radius 2 is 2.00 bits per heavy atom.